The number of hydrogen-bond acceptors (Lipinski definition) is 4. The highest BCUT2D eigenvalue weighted by molar-refractivity contribution is 5.94. The fraction of sp³-hybridized carbons (Fsp3) is 0.632. The number of carbonyl (C=O) groups is 1. The first-order valence-electron chi connectivity index (χ1n) is 9.19. The molecule has 0 spiro atoms. The second kappa shape index (κ2) is 7.70. The minimum absolute atomic E-state index is 0.00619. The lowest BCUT2D eigenvalue weighted by Crippen LogP contribution is -2.48. The van der Waals surface area contributed by atoms with Gasteiger partial charge in [0.15, 0.2) is 0 Å². The van der Waals surface area contributed by atoms with Crippen molar-refractivity contribution in [1.29, 1.82) is 0 Å². The average molecular weight is 349 g/mol. The molecule has 0 aliphatic carbocycles. The molecule has 0 saturated carbocycles. The van der Waals surface area contributed by atoms with Crippen molar-refractivity contribution in [1.82, 2.24) is 9.80 Å². The van der Waals surface area contributed by atoms with Crippen LogP contribution in [0.15, 0.2) is 18.2 Å². The molecule has 1 aromatic rings. The maximum absolute atomic E-state index is 14.6. The van der Waals surface area contributed by atoms with E-state index in [1.807, 2.05) is 13.8 Å². The topological polar surface area (TPSA) is 36.0 Å². The van der Waals surface area contributed by atoms with Gasteiger partial charge in [0.1, 0.15) is 5.82 Å². The van der Waals surface area contributed by atoms with Gasteiger partial charge in [-0.1, -0.05) is 6.92 Å². The third kappa shape index (κ3) is 4.12. The molecular formula is C19H28FN3O2. The lowest BCUT2D eigenvalue weighted by atomic mass is 10.1. The summed E-state index contributed by atoms with van der Waals surface area (Å²) in [6, 6.07) is 4.88. The number of hydrogen-bond donors (Lipinski definition) is 0. The van der Waals surface area contributed by atoms with Crippen molar-refractivity contribution in [2.75, 3.05) is 50.7 Å². The summed E-state index contributed by atoms with van der Waals surface area (Å²) in [6.07, 6.45) is 0.0124. The van der Waals surface area contributed by atoms with Crippen LogP contribution in [-0.2, 0) is 4.74 Å². The molecule has 2 heterocycles. The Bertz CT molecular complexity index is 607. The van der Waals surface area contributed by atoms with E-state index in [1.54, 1.807) is 17.0 Å². The highest BCUT2D eigenvalue weighted by atomic mass is 19.1. The molecule has 0 radical (unpaired) electrons. The quantitative estimate of drug-likeness (QED) is 0.838. The van der Waals surface area contributed by atoms with Gasteiger partial charge in [0, 0.05) is 44.8 Å². The summed E-state index contributed by atoms with van der Waals surface area (Å²) in [5, 5.41) is 0. The molecule has 3 rings (SSSR count). The Balaban J connectivity index is 1.70. The van der Waals surface area contributed by atoms with Gasteiger partial charge in [-0.05, 0) is 38.6 Å². The number of anilines is 1. The Morgan fingerprint density at radius 3 is 2.36 bits per heavy atom. The van der Waals surface area contributed by atoms with Crippen LogP contribution in [0.4, 0.5) is 10.1 Å². The number of piperazine rings is 1. The highest BCUT2D eigenvalue weighted by Gasteiger charge is 2.27. The number of likely N-dealkylation sites (N-methyl/N-ethyl adjacent to an activating group) is 1. The van der Waals surface area contributed by atoms with Crippen molar-refractivity contribution in [3.05, 3.63) is 29.6 Å². The molecule has 2 fully saturated rings. The number of rotatable bonds is 3. The summed E-state index contributed by atoms with van der Waals surface area (Å²) >= 11 is 0. The third-order valence-electron chi connectivity index (χ3n) is 5.06. The zero-order chi connectivity index (χ0) is 18.0. The first kappa shape index (κ1) is 18.1. The molecule has 5 nitrogen and oxygen atoms in total. The lowest BCUT2D eigenvalue weighted by molar-refractivity contribution is -0.0586. The Kier molecular flexibility index (Phi) is 5.59. The van der Waals surface area contributed by atoms with Crippen LogP contribution in [0.2, 0.25) is 0 Å². The number of benzene rings is 1. The van der Waals surface area contributed by atoms with Crippen LogP contribution in [0.3, 0.4) is 0 Å². The van der Waals surface area contributed by atoms with Gasteiger partial charge in [-0.25, -0.2) is 4.39 Å². The van der Waals surface area contributed by atoms with E-state index in [-0.39, 0.29) is 23.9 Å². The number of carbonyl (C=O) groups excluding carboxylic acids is 1. The monoisotopic (exact) mass is 349 g/mol. The number of nitrogens with zero attached hydrogens (tertiary/aromatic N) is 3. The maximum atomic E-state index is 14.6. The highest BCUT2D eigenvalue weighted by Crippen LogP contribution is 2.23. The van der Waals surface area contributed by atoms with Crippen molar-refractivity contribution in [2.24, 2.45) is 0 Å². The Morgan fingerprint density at radius 2 is 1.80 bits per heavy atom. The SMILES string of the molecule is CCN1CCN(c2ccc(C(=O)N3CC(C)OC(C)C3)cc2F)CC1. The van der Waals surface area contributed by atoms with Crippen LogP contribution in [0.5, 0.6) is 0 Å². The Hall–Kier alpha value is -1.66. The zero-order valence-electron chi connectivity index (χ0n) is 15.4. The predicted octanol–water partition coefficient (Wildman–Crippen LogP) is 2.22. The van der Waals surface area contributed by atoms with Gasteiger partial charge < -0.3 is 19.4 Å². The average Bonchev–Trinajstić information content (AvgIpc) is 2.60. The zero-order valence-corrected chi connectivity index (χ0v) is 15.4. The van der Waals surface area contributed by atoms with Gasteiger partial charge in [-0.3, -0.25) is 4.79 Å². The first-order chi connectivity index (χ1) is 12.0. The molecule has 0 aromatic heterocycles. The van der Waals surface area contributed by atoms with E-state index >= 15 is 0 Å². The standard InChI is InChI=1S/C19H28FN3O2/c1-4-21-7-9-22(10-8-21)18-6-5-16(11-17(18)20)19(24)23-12-14(2)25-15(3)13-23/h5-6,11,14-15H,4,7-10,12-13H2,1-3H3. The predicted molar refractivity (Wildman–Crippen MR) is 96.6 cm³/mol. The van der Waals surface area contributed by atoms with Crippen LogP contribution in [0, 0.1) is 5.82 Å². The van der Waals surface area contributed by atoms with E-state index in [1.165, 1.54) is 6.07 Å². The van der Waals surface area contributed by atoms with Crippen molar-refractivity contribution in [2.45, 2.75) is 33.0 Å². The van der Waals surface area contributed by atoms with Crippen molar-refractivity contribution in [3.8, 4) is 0 Å². The van der Waals surface area contributed by atoms with Gasteiger partial charge in [0.05, 0.1) is 17.9 Å². The molecular weight excluding hydrogens is 321 g/mol. The normalized spacial score (nSPS) is 25.3. The third-order valence-corrected chi connectivity index (χ3v) is 5.06. The molecule has 25 heavy (non-hydrogen) atoms. The minimum atomic E-state index is -0.315. The van der Waals surface area contributed by atoms with Crippen molar-refractivity contribution < 1.29 is 13.9 Å². The molecule has 1 amide bonds. The van der Waals surface area contributed by atoms with Crippen LogP contribution in [0.25, 0.3) is 0 Å². The molecule has 2 aliphatic heterocycles. The first-order valence-corrected chi connectivity index (χ1v) is 9.19. The van der Waals surface area contributed by atoms with E-state index < -0.39 is 0 Å². The fourth-order valence-corrected chi connectivity index (χ4v) is 3.73. The van der Waals surface area contributed by atoms with Gasteiger partial charge in [-0.2, -0.15) is 0 Å². The van der Waals surface area contributed by atoms with Crippen LogP contribution in [-0.4, -0.2) is 73.7 Å². The Morgan fingerprint density at radius 1 is 1.16 bits per heavy atom. The number of halogens is 1. The molecule has 2 unspecified atom stereocenters. The summed E-state index contributed by atoms with van der Waals surface area (Å²) in [4.78, 5) is 18.9. The molecule has 138 valence electrons. The number of morpholine rings is 1. The summed E-state index contributed by atoms with van der Waals surface area (Å²) in [7, 11) is 0. The maximum Gasteiger partial charge on any atom is 0.254 e. The summed E-state index contributed by atoms with van der Waals surface area (Å²) in [5.74, 6) is -0.437. The molecule has 0 N–H and O–H groups in total. The molecule has 2 aliphatic rings. The second-order valence-corrected chi connectivity index (χ2v) is 7.05. The Labute approximate surface area is 149 Å². The summed E-state index contributed by atoms with van der Waals surface area (Å²) < 4.78 is 20.3. The van der Waals surface area contributed by atoms with E-state index in [0.29, 0.717) is 24.3 Å². The van der Waals surface area contributed by atoms with Crippen LogP contribution in [0.1, 0.15) is 31.1 Å². The van der Waals surface area contributed by atoms with E-state index in [9.17, 15) is 9.18 Å². The van der Waals surface area contributed by atoms with E-state index in [2.05, 4.69) is 16.7 Å². The smallest absolute Gasteiger partial charge is 0.254 e. The molecule has 6 heteroatoms. The largest absolute Gasteiger partial charge is 0.372 e. The van der Waals surface area contributed by atoms with Crippen molar-refractivity contribution in [3.63, 3.8) is 0 Å². The second-order valence-electron chi connectivity index (χ2n) is 7.05. The fourth-order valence-electron chi connectivity index (χ4n) is 3.73. The van der Waals surface area contributed by atoms with Gasteiger partial charge in [0.2, 0.25) is 0 Å². The van der Waals surface area contributed by atoms with Crippen LogP contribution < -0.4 is 4.90 Å². The summed E-state index contributed by atoms with van der Waals surface area (Å²) in [6.45, 7) is 11.7. The molecule has 1 aromatic carbocycles. The molecule has 2 saturated heterocycles. The van der Waals surface area contributed by atoms with Gasteiger partial charge >= 0.3 is 0 Å². The van der Waals surface area contributed by atoms with Crippen LogP contribution >= 0.6 is 0 Å². The molecule has 2 atom stereocenters. The number of ether oxygens (including phenoxy) is 1. The van der Waals surface area contributed by atoms with Gasteiger partial charge in [0.25, 0.3) is 5.91 Å². The summed E-state index contributed by atoms with van der Waals surface area (Å²) in [5.41, 5.74) is 1.01. The minimum Gasteiger partial charge on any atom is -0.372 e. The van der Waals surface area contributed by atoms with E-state index in [0.717, 1.165) is 32.7 Å². The van der Waals surface area contributed by atoms with E-state index in [4.69, 9.17) is 4.74 Å². The van der Waals surface area contributed by atoms with Gasteiger partial charge in [-0.15, -0.1) is 0 Å². The van der Waals surface area contributed by atoms with Crippen molar-refractivity contribution >= 4 is 11.6 Å². The molecule has 0 bridgehead atoms. The lowest BCUT2D eigenvalue weighted by Gasteiger charge is -2.36. The number of amides is 1.